The quantitative estimate of drug-likeness (QED) is 0.667. The first-order chi connectivity index (χ1) is 6.63. The zero-order chi connectivity index (χ0) is 10.2. The molecule has 1 aliphatic heterocycles. The molecule has 0 amide bonds. The van der Waals surface area contributed by atoms with Gasteiger partial charge in [-0.05, 0) is 12.1 Å². The number of benzene rings is 1. The molecule has 1 heterocycles. The summed E-state index contributed by atoms with van der Waals surface area (Å²) in [6, 6.07) is 7.01. The molecule has 14 heavy (non-hydrogen) atoms. The third kappa shape index (κ3) is 1.46. The number of para-hydroxylation sites is 1. The minimum absolute atomic E-state index is 0.0869. The van der Waals surface area contributed by atoms with Gasteiger partial charge in [0.1, 0.15) is 6.26 Å². The van der Waals surface area contributed by atoms with E-state index in [-0.39, 0.29) is 4.24 Å². The predicted molar refractivity (Wildman–Crippen MR) is 55.6 cm³/mol. The smallest absolute Gasteiger partial charge is 0.271 e. The molecular weight excluding hydrogens is 222 g/mol. The summed E-state index contributed by atoms with van der Waals surface area (Å²) in [6.07, 6.45) is 0.600. The van der Waals surface area contributed by atoms with E-state index in [4.69, 9.17) is 5.11 Å². The van der Waals surface area contributed by atoms with E-state index in [0.717, 1.165) is 16.7 Å². The van der Waals surface area contributed by atoms with Crippen molar-refractivity contribution in [3.05, 3.63) is 34.8 Å². The third-order valence-electron chi connectivity index (χ3n) is 1.71. The van der Waals surface area contributed by atoms with Gasteiger partial charge in [0.15, 0.2) is 4.24 Å². The Kier molecular flexibility index (Phi) is 2.16. The summed E-state index contributed by atoms with van der Waals surface area (Å²) in [6.45, 7) is 0. The second-order valence-electron chi connectivity index (χ2n) is 2.65. The lowest BCUT2D eigenvalue weighted by atomic mass is 10.3. The second kappa shape index (κ2) is 3.21. The van der Waals surface area contributed by atoms with E-state index < -0.39 is 10.0 Å². The fraction of sp³-hybridized carbons (Fsp3) is 0. The second-order valence-corrected chi connectivity index (χ2v) is 5.64. The maximum Gasteiger partial charge on any atom is 0.271 e. The average molecular weight is 229 g/mol. The number of rotatable bonds is 0. The van der Waals surface area contributed by atoms with E-state index in [2.05, 4.69) is 4.72 Å². The van der Waals surface area contributed by atoms with Gasteiger partial charge in [0.05, 0.1) is 5.69 Å². The van der Waals surface area contributed by atoms with Crippen molar-refractivity contribution in [2.24, 2.45) is 0 Å². The van der Waals surface area contributed by atoms with Crippen molar-refractivity contribution in [3.8, 4) is 0 Å². The molecule has 0 aromatic heterocycles. The van der Waals surface area contributed by atoms with Crippen molar-refractivity contribution in [2.45, 2.75) is 4.90 Å². The summed E-state index contributed by atoms with van der Waals surface area (Å²) < 4.78 is 25.1. The topological polar surface area (TPSA) is 66.4 Å². The van der Waals surface area contributed by atoms with Crippen LogP contribution >= 0.6 is 11.8 Å². The van der Waals surface area contributed by atoms with Crippen molar-refractivity contribution in [1.82, 2.24) is 0 Å². The highest BCUT2D eigenvalue weighted by atomic mass is 32.3. The first-order valence-electron chi connectivity index (χ1n) is 3.77. The first-order valence-corrected chi connectivity index (χ1v) is 6.07. The van der Waals surface area contributed by atoms with Crippen LogP contribution in [0.25, 0.3) is 0 Å². The Labute approximate surface area is 85.7 Å². The SMILES string of the molecule is O=S1(=O)Nc2ccccc2S/C1=C/O. The molecule has 1 aromatic rings. The molecule has 2 rings (SSSR count). The zero-order valence-electron chi connectivity index (χ0n) is 6.97. The van der Waals surface area contributed by atoms with Crippen molar-refractivity contribution >= 4 is 27.5 Å². The van der Waals surface area contributed by atoms with Crippen LogP contribution in [-0.4, -0.2) is 13.5 Å². The summed E-state index contributed by atoms with van der Waals surface area (Å²) in [4.78, 5) is 0.780. The van der Waals surface area contributed by atoms with Gasteiger partial charge in [-0.2, -0.15) is 0 Å². The molecule has 0 saturated heterocycles. The van der Waals surface area contributed by atoms with E-state index >= 15 is 0 Å². The molecule has 0 radical (unpaired) electrons. The Morgan fingerprint density at radius 2 is 2.07 bits per heavy atom. The molecule has 0 unspecified atom stereocenters. The monoisotopic (exact) mass is 229 g/mol. The van der Waals surface area contributed by atoms with Crippen LogP contribution in [0.3, 0.4) is 0 Å². The molecule has 1 aliphatic rings. The molecule has 74 valence electrons. The normalized spacial score (nSPS) is 21.3. The number of anilines is 1. The summed E-state index contributed by atoms with van der Waals surface area (Å²) >= 11 is 1.02. The Morgan fingerprint density at radius 3 is 2.79 bits per heavy atom. The maximum absolute atomic E-state index is 11.4. The van der Waals surface area contributed by atoms with Crippen molar-refractivity contribution in [1.29, 1.82) is 0 Å². The van der Waals surface area contributed by atoms with Gasteiger partial charge in [-0.15, -0.1) is 0 Å². The zero-order valence-corrected chi connectivity index (χ0v) is 8.60. The fourth-order valence-corrected chi connectivity index (χ4v) is 3.34. The van der Waals surface area contributed by atoms with Gasteiger partial charge in [0.25, 0.3) is 10.0 Å². The number of hydrogen-bond donors (Lipinski definition) is 2. The number of sulfonamides is 1. The highest BCUT2D eigenvalue weighted by Crippen LogP contribution is 2.40. The Balaban J connectivity index is 2.56. The standard InChI is InChI=1S/C8H7NO3S2/c10-5-8-13-7-4-2-1-3-6(7)9-14(8,11)12/h1-5,9-10H/b8-5-. The fourth-order valence-electron chi connectivity index (χ4n) is 1.09. The van der Waals surface area contributed by atoms with Crippen LogP contribution in [0.2, 0.25) is 0 Å². The molecule has 0 fully saturated rings. The van der Waals surface area contributed by atoms with Crippen LogP contribution in [0.1, 0.15) is 0 Å². The van der Waals surface area contributed by atoms with Gasteiger partial charge >= 0.3 is 0 Å². The van der Waals surface area contributed by atoms with Crippen LogP contribution in [0.4, 0.5) is 5.69 Å². The van der Waals surface area contributed by atoms with E-state index in [1.807, 2.05) is 0 Å². The van der Waals surface area contributed by atoms with Crippen molar-refractivity contribution in [2.75, 3.05) is 4.72 Å². The van der Waals surface area contributed by atoms with Crippen LogP contribution in [0.15, 0.2) is 39.7 Å². The van der Waals surface area contributed by atoms with Gasteiger partial charge in [-0.25, -0.2) is 8.42 Å². The first kappa shape index (κ1) is 9.42. The highest BCUT2D eigenvalue weighted by molar-refractivity contribution is 8.19. The van der Waals surface area contributed by atoms with Crippen LogP contribution in [0.5, 0.6) is 0 Å². The lowest BCUT2D eigenvalue weighted by Crippen LogP contribution is -2.17. The molecule has 1 aromatic carbocycles. The van der Waals surface area contributed by atoms with Gasteiger partial charge in [-0.1, -0.05) is 23.9 Å². The third-order valence-corrected chi connectivity index (χ3v) is 4.63. The van der Waals surface area contributed by atoms with E-state index in [1.54, 1.807) is 24.3 Å². The Hall–Kier alpha value is -1.14. The van der Waals surface area contributed by atoms with E-state index in [0.29, 0.717) is 11.9 Å². The lowest BCUT2D eigenvalue weighted by molar-refractivity contribution is 0.473. The molecule has 0 spiro atoms. The maximum atomic E-state index is 11.4. The summed E-state index contributed by atoms with van der Waals surface area (Å²) in [5, 5.41) is 8.75. The summed E-state index contributed by atoms with van der Waals surface area (Å²) in [5.74, 6) is 0. The molecule has 6 heteroatoms. The van der Waals surface area contributed by atoms with Crippen molar-refractivity contribution in [3.63, 3.8) is 0 Å². The van der Waals surface area contributed by atoms with Crippen molar-refractivity contribution < 1.29 is 13.5 Å². The molecule has 2 N–H and O–H groups in total. The minimum Gasteiger partial charge on any atom is -0.514 e. The molecule has 4 nitrogen and oxygen atoms in total. The molecule has 0 bridgehead atoms. The van der Waals surface area contributed by atoms with E-state index in [9.17, 15) is 8.42 Å². The Bertz CT molecular complexity index is 493. The number of thioether (sulfide) groups is 1. The average Bonchev–Trinajstić information content (AvgIpc) is 2.15. The van der Waals surface area contributed by atoms with Crippen LogP contribution in [-0.2, 0) is 10.0 Å². The number of aliphatic hydroxyl groups excluding tert-OH is 1. The molecule has 0 saturated carbocycles. The minimum atomic E-state index is -3.56. The Morgan fingerprint density at radius 1 is 1.36 bits per heavy atom. The van der Waals surface area contributed by atoms with Gasteiger partial charge in [-0.3, -0.25) is 4.72 Å². The number of aliphatic hydroxyl groups is 1. The van der Waals surface area contributed by atoms with Gasteiger partial charge < -0.3 is 5.11 Å². The number of hydrogen-bond acceptors (Lipinski definition) is 4. The van der Waals surface area contributed by atoms with Gasteiger partial charge in [0, 0.05) is 4.90 Å². The molecule has 0 atom stereocenters. The summed E-state index contributed by atoms with van der Waals surface area (Å²) in [7, 11) is -3.56. The largest absolute Gasteiger partial charge is 0.514 e. The van der Waals surface area contributed by atoms with Crippen LogP contribution < -0.4 is 4.72 Å². The molecule has 0 aliphatic carbocycles. The lowest BCUT2D eigenvalue weighted by Gasteiger charge is -2.18. The highest BCUT2D eigenvalue weighted by Gasteiger charge is 2.26. The number of fused-ring (bicyclic) bond motifs is 1. The molecular formula is C8H7NO3S2. The van der Waals surface area contributed by atoms with E-state index in [1.165, 1.54) is 0 Å². The summed E-state index contributed by atoms with van der Waals surface area (Å²) in [5.41, 5.74) is 0.545. The van der Waals surface area contributed by atoms with Crippen LogP contribution in [0, 0.1) is 0 Å². The number of nitrogens with one attached hydrogen (secondary N) is 1. The predicted octanol–water partition coefficient (Wildman–Crippen LogP) is 1.89. The van der Waals surface area contributed by atoms with Gasteiger partial charge in [0.2, 0.25) is 0 Å².